The van der Waals surface area contributed by atoms with Crippen molar-refractivity contribution in [1.29, 1.82) is 0 Å². The molecule has 0 aliphatic heterocycles. The number of H-pyrrole nitrogens is 1. The van der Waals surface area contributed by atoms with Crippen LogP contribution in [0.3, 0.4) is 0 Å². The molecule has 0 aliphatic carbocycles. The first kappa shape index (κ1) is 12.7. The minimum absolute atomic E-state index is 0.156. The van der Waals surface area contributed by atoms with Crippen LogP contribution in [0.2, 0.25) is 0 Å². The molecule has 0 fully saturated rings. The monoisotopic (exact) mass is 284 g/mol. The highest BCUT2D eigenvalue weighted by atomic mass is 16.4. The van der Waals surface area contributed by atoms with Gasteiger partial charge in [0.05, 0.1) is 5.56 Å². The fourth-order valence-electron chi connectivity index (χ4n) is 1.66. The number of hydrogen-bond acceptors (Lipinski definition) is 6. The molecule has 104 valence electrons. The topological polar surface area (TPSA) is 122 Å². The summed E-state index contributed by atoms with van der Waals surface area (Å²) >= 11 is 0. The number of carboxylic acid groups (broad SMARTS) is 1. The number of aromatic nitrogens is 4. The summed E-state index contributed by atoms with van der Waals surface area (Å²) in [7, 11) is 0. The number of nitrogens with one attached hydrogen (secondary N) is 1. The second-order valence-corrected chi connectivity index (χ2v) is 4.10. The Labute approximate surface area is 117 Å². The second-order valence-electron chi connectivity index (χ2n) is 4.10. The zero-order valence-electron chi connectivity index (χ0n) is 10.5. The fraction of sp³-hybridized carbons (Fsp3) is 0. The minimum atomic E-state index is -1.01. The number of benzene rings is 1. The van der Waals surface area contributed by atoms with Gasteiger partial charge in [0, 0.05) is 11.6 Å². The Morgan fingerprint density at radius 1 is 1.05 bits per heavy atom. The van der Waals surface area contributed by atoms with E-state index in [1.165, 1.54) is 24.3 Å². The van der Waals surface area contributed by atoms with Gasteiger partial charge in [-0.3, -0.25) is 4.79 Å². The summed E-state index contributed by atoms with van der Waals surface area (Å²) in [5.74, 6) is -0.622. The highest BCUT2D eigenvalue weighted by Crippen LogP contribution is 2.22. The molecule has 0 aliphatic rings. The molecule has 2 heterocycles. The predicted molar refractivity (Wildman–Crippen MR) is 70.5 cm³/mol. The van der Waals surface area contributed by atoms with Gasteiger partial charge < -0.3 is 9.52 Å². The first-order valence-electron chi connectivity index (χ1n) is 5.87. The smallest absolute Gasteiger partial charge is 0.335 e. The zero-order valence-corrected chi connectivity index (χ0v) is 10.5. The molecule has 0 atom stereocenters. The van der Waals surface area contributed by atoms with Crippen LogP contribution in [0.15, 0.2) is 45.6 Å². The van der Waals surface area contributed by atoms with Gasteiger partial charge in [0.1, 0.15) is 5.69 Å². The summed E-state index contributed by atoms with van der Waals surface area (Å²) in [6.07, 6.45) is 0. The van der Waals surface area contributed by atoms with E-state index in [4.69, 9.17) is 9.52 Å². The van der Waals surface area contributed by atoms with Gasteiger partial charge in [0.2, 0.25) is 5.89 Å². The molecule has 0 unspecified atom stereocenters. The van der Waals surface area contributed by atoms with Crippen molar-refractivity contribution in [2.24, 2.45) is 0 Å². The van der Waals surface area contributed by atoms with E-state index in [1.54, 1.807) is 12.1 Å². The minimum Gasteiger partial charge on any atom is -0.478 e. The van der Waals surface area contributed by atoms with Gasteiger partial charge in [0.15, 0.2) is 0 Å². The van der Waals surface area contributed by atoms with Gasteiger partial charge >= 0.3 is 5.97 Å². The summed E-state index contributed by atoms with van der Waals surface area (Å²) in [5, 5.41) is 22.6. The van der Waals surface area contributed by atoms with E-state index in [1.807, 2.05) is 0 Å². The van der Waals surface area contributed by atoms with Crippen LogP contribution < -0.4 is 5.56 Å². The van der Waals surface area contributed by atoms with Crippen LogP contribution in [0.25, 0.3) is 23.0 Å². The van der Waals surface area contributed by atoms with Crippen molar-refractivity contribution in [2.45, 2.75) is 0 Å². The lowest BCUT2D eigenvalue weighted by atomic mass is 10.1. The molecule has 8 heteroatoms. The number of rotatable bonds is 3. The Kier molecular flexibility index (Phi) is 3.03. The maximum Gasteiger partial charge on any atom is 0.335 e. The van der Waals surface area contributed by atoms with Crippen LogP contribution in [-0.2, 0) is 0 Å². The Bertz CT molecular complexity index is 831. The lowest BCUT2D eigenvalue weighted by molar-refractivity contribution is 0.0697. The SMILES string of the molecule is O=C(O)c1ccc(-c2nnc(-c3ccc(=O)[nH]n3)o2)cc1. The summed E-state index contributed by atoms with van der Waals surface area (Å²) in [6, 6.07) is 8.79. The van der Waals surface area contributed by atoms with Crippen molar-refractivity contribution in [3.05, 3.63) is 52.3 Å². The van der Waals surface area contributed by atoms with Crippen LogP contribution in [0, 0.1) is 0 Å². The third kappa shape index (κ3) is 2.54. The van der Waals surface area contributed by atoms with E-state index >= 15 is 0 Å². The standard InChI is InChI=1S/C13H8N4O4/c18-10-6-5-9(14-15-10)12-17-16-11(21-12)7-1-3-8(4-2-7)13(19)20/h1-6H,(H,15,18)(H,19,20). The van der Waals surface area contributed by atoms with Gasteiger partial charge in [-0.15, -0.1) is 10.2 Å². The van der Waals surface area contributed by atoms with Crippen LogP contribution in [-0.4, -0.2) is 31.5 Å². The molecule has 0 amide bonds. The summed E-state index contributed by atoms with van der Waals surface area (Å²) in [4.78, 5) is 21.7. The van der Waals surface area contributed by atoms with Crippen LogP contribution >= 0.6 is 0 Å². The lowest BCUT2D eigenvalue weighted by Crippen LogP contribution is -2.05. The highest BCUT2D eigenvalue weighted by Gasteiger charge is 2.12. The summed E-state index contributed by atoms with van der Waals surface area (Å²) < 4.78 is 5.44. The number of aromatic carboxylic acids is 1. The predicted octanol–water partition coefficient (Wildman–Crippen LogP) is 1.19. The van der Waals surface area contributed by atoms with Crippen molar-refractivity contribution in [3.63, 3.8) is 0 Å². The van der Waals surface area contributed by atoms with Gasteiger partial charge in [-0.1, -0.05) is 0 Å². The second kappa shape index (κ2) is 5.00. The Morgan fingerprint density at radius 2 is 1.76 bits per heavy atom. The van der Waals surface area contributed by atoms with E-state index < -0.39 is 5.97 Å². The van der Waals surface area contributed by atoms with E-state index in [0.717, 1.165) is 0 Å². The third-order valence-corrected chi connectivity index (χ3v) is 2.70. The third-order valence-electron chi connectivity index (χ3n) is 2.70. The molecule has 1 aromatic carbocycles. The lowest BCUT2D eigenvalue weighted by Gasteiger charge is -1.96. The molecule has 8 nitrogen and oxygen atoms in total. The first-order chi connectivity index (χ1) is 10.1. The van der Waals surface area contributed by atoms with E-state index in [0.29, 0.717) is 11.3 Å². The van der Waals surface area contributed by atoms with Gasteiger partial charge in [-0.05, 0) is 30.3 Å². The van der Waals surface area contributed by atoms with Crippen LogP contribution in [0.4, 0.5) is 0 Å². The molecule has 0 bridgehead atoms. The quantitative estimate of drug-likeness (QED) is 0.740. The van der Waals surface area contributed by atoms with Crippen molar-refractivity contribution < 1.29 is 14.3 Å². The van der Waals surface area contributed by atoms with Crippen molar-refractivity contribution in [1.82, 2.24) is 20.4 Å². The van der Waals surface area contributed by atoms with Crippen LogP contribution in [0.1, 0.15) is 10.4 Å². The Balaban J connectivity index is 1.92. The average Bonchev–Trinajstić information content (AvgIpc) is 2.98. The molecule has 3 rings (SSSR count). The first-order valence-corrected chi connectivity index (χ1v) is 5.87. The molecular weight excluding hydrogens is 276 g/mol. The molecule has 0 radical (unpaired) electrons. The molecule has 0 saturated heterocycles. The maximum absolute atomic E-state index is 10.9. The summed E-state index contributed by atoms with van der Waals surface area (Å²) in [5.41, 5.74) is 0.766. The molecular formula is C13H8N4O4. The zero-order chi connectivity index (χ0) is 14.8. The van der Waals surface area contributed by atoms with Crippen molar-refractivity contribution >= 4 is 5.97 Å². The van der Waals surface area contributed by atoms with Crippen LogP contribution in [0.5, 0.6) is 0 Å². The Morgan fingerprint density at radius 3 is 2.38 bits per heavy atom. The van der Waals surface area contributed by atoms with Gasteiger partial charge in [-0.2, -0.15) is 5.10 Å². The Hall–Kier alpha value is -3.29. The number of carboxylic acids is 1. The maximum atomic E-state index is 10.9. The van der Waals surface area contributed by atoms with Crippen molar-refractivity contribution in [2.75, 3.05) is 0 Å². The molecule has 2 N–H and O–H groups in total. The number of hydrogen-bond donors (Lipinski definition) is 2. The van der Waals surface area contributed by atoms with Gasteiger partial charge in [0.25, 0.3) is 11.4 Å². The van der Waals surface area contributed by atoms with E-state index in [9.17, 15) is 9.59 Å². The van der Waals surface area contributed by atoms with E-state index in [-0.39, 0.29) is 22.9 Å². The molecule has 3 aromatic rings. The number of nitrogens with zero attached hydrogens (tertiary/aromatic N) is 3. The highest BCUT2D eigenvalue weighted by molar-refractivity contribution is 5.88. The van der Waals surface area contributed by atoms with Crippen molar-refractivity contribution in [3.8, 4) is 23.0 Å². The van der Waals surface area contributed by atoms with E-state index in [2.05, 4.69) is 20.4 Å². The molecule has 21 heavy (non-hydrogen) atoms. The average molecular weight is 284 g/mol. The fourth-order valence-corrected chi connectivity index (χ4v) is 1.66. The number of carbonyl (C=O) groups is 1. The summed E-state index contributed by atoms with van der Waals surface area (Å²) in [6.45, 7) is 0. The molecule has 2 aromatic heterocycles. The van der Waals surface area contributed by atoms with Gasteiger partial charge in [-0.25, -0.2) is 9.89 Å². The molecule has 0 saturated carbocycles. The number of aromatic amines is 1. The normalized spacial score (nSPS) is 10.5. The molecule has 0 spiro atoms. The largest absolute Gasteiger partial charge is 0.478 e.